The summed E-state index contributed by atoms with van der Waals surface area (Å²) in [7, 11) is -3.84. The molecular weight excluding hydrogens is 290 g/mol. The van der Waals surface area contributed by atoms with Crippen molar-refractivity contribution >= 4 is 16.0 Å². The quantitative estimate of drug-likeness (QED) is 0.842. The van der Waals surface area contributed by atoms with Crippen molar-refractivity contribution in [1.82, 2.24) is 4.72 Å². The fraction of sp³-hybridized carbons (Fsp3) is 0.533. The Hall–Kier alpha value is -1.40. The van der Waals surface area contributed by atoms with Crippen LogP contribution in [0.15, 0.2) is 23.1 Å². The lowest BCUT2D eigenvalue weighted by atomic mass is 9.95. The zero-order chi connectivity index (χ0) is 15.7. The van der Waals surface area contributed by atoms with Crippen LogP contribution in [-0.4, -0.2) is 25.0 Å². The standard InChI is InChI=1S/C15H21NO4S/c1-3-15(4-2,14(17)18)16-21(19,20)13-9-8-11-6-5-7-12(11)10-13/h8-10,16H,3-7H2,1-2H3,(H,17,18). The van der Waals surface area contributed by atoms with Gasteiger partial charge in [0.15, 0.2) is 0 Å². The van der Waals surface area contributed by atoms with Crippen molar-refractivity contribution < 1.29 is 18.3 Å². The van der Waals surface area contributed by atoms with E-state index in [0.717, 1.165) is 24.8 Å². The van der Waals surface area contributed by atoms with Gasteiger partial charge in [0.1, 0.15) is 5.54 Å². The Morgan fingerprint density at radius 3 is 2.43 bits per heavy atom. The number of aliphatic carboxylic acids is 1. The molecule has 2 N–H and O–H groups in total. The van der Waals surface area contributed by atoms with Crippen molar-refractivity contribution in [2.45, 2.75) is 56.4 Å². The van der Waals surface area contributed by atoms with Gasteiger partial charge in [-0.15, -0.1) is 0 Å². The van der Waals surface area contributed by atoms with Gasteiger partial charge in [-0.25, -0.2) is 8.42 Å². The van der Waals surface area contributed by atoms with Gasteiger partial charge in [0.05, 0.1) is 4.90 Å². The summed E-state index contributed by atoms with van der Waals surface area (Å²) < 4.78 is 27.4. The normalized spacial score (nSPS) is 15.0. The van der Waals surface area contributed by atoms with Crippen molar-refractivity contribution in [2.75, 3.05) is 0 Å². The van der Waals surface area contributed by atoms with Gasteiger partial charge in [0.2, 0.25) is 10.0 Å². The Balaban J connectivity index is 2.36. The zero-order valence-electron chi connectivity index (χ0n) is 12.3. The molecule has 0 spiro atoms. The molecular formula is C15H21NO4S. The summed E-state index contributed by atoms with van der Waals surface area (Å²) in [6, 6.07) is 5.06. The van der Waals surface area contributed by atoms with E-state index < -0.39 is 21.5 Å². The monoisotopic (exact) mass is 311 g/mol. The second kappa shape index (κ2) is 5.77. The number of hydrogen-bond donors (Lipinski definition) is 2. The van der Waals surface area contributed by atoms with Crippen molar-refractivity contribution in [2.24, 2.45) is 0 Å². The number of nitrogens with one attached hydrogen (secondary N) is 1. The number of carboxylic acid groups (broad SMARTS) is 1. The van der Waals surface area contributed by atoms with Crippen molar-refractivity contribution in [3.63, 3.8) is 0 Å². The fourth-order valence-corrected chi connectivity index (χ4v) is 4.32. The van der Waals surface area contributed by atoms with E-state index in [1.165, 1.54) is 5.56 Å². The molecule has 1 aliphatic carbocycles. The molecule has 0 aromatic heterocycles. The Bertz CT molecular complexity index is 648. The van der Waals surface area contributed by atoms with Crippen LogP contribution in [0.25, 0.3) is 0 Å². The predicted molar refractivity (Wildman–Crippen MR) is 79.7 cm³/mol. The van der Waals surface area contributed by atoms with E-state index in [1.54, 1.807) is 26.0 Å². The summed E-state index contributed by atoms with van der Waals surface area (Å²) >= 11 is 0. The molecule has 5 nitrogen and oxygen atoms in total. The van der Waals surface area contributed by atoms with Crippen molar-refractivity contribution in [3.05, 3.63) is 29.3 Å². The van der Waals surface area contributed by atoms with E-state index >= 15 is 0 Å². The number of rotatable bonds is 6. The van der Waals surface area contributed by atoms with Crippen LogP contribution in [0.5, 0.6) is 0 Å². The van der Waals surface area contributed by atoms with Crippen molar-refractivity contribution in [1.29, 1.82) is 0 Å². The Kier molecular flexibility index (Phi) is 4.39. The molecule has 0 atom stereocenters. The maximum Gasteiger partial charge on any atom is 0.324 e. The summed E-state index contributed by atoms with van der Waals surface area (Å²) in [6.07, 6.45) is 3.29. The maximum atomic E-state index is 12.5. The second-order valence-electron chi connectivity index (χ2n) is 5.48. The van der Waals surface area contributed by atoms with E-state index in [0.29, 0.717) is 0 Å². The van der Waals surface area contributed by atoms with Crippen LogP contribution in [0.4, 0.5) is 0 Å². The van der Waals surface area contributed by atoms with Gasteiger partial charge in [0, 0.05) is 0 Å². The SMILES string of the molecule is CCC(CC)(NS(=O)(=O)c1ccc2c(c1)CCC2)C(=O)O. The third kappa shape index (κ3) is 2.96. The minimum absolute atomic E-state index is 0.149. The van der Waals surface area contributed by atoms with Crippen LogP contribution in [0.3, 0.4) is 0 Å². The molecule has 6 heteroatoms. The second-order valence-corrected chi connectivity index (χ2v) is 7.17. The molecule has 0 aliphatic heterocycles. The van der Waals surface area contributed by atoms with Gasteiger partial charge < -0.3 is 5.11 Å². The molecule has 0 radical (unpaired) electrons. The Morgan fingerprint density at radius 2 is 1.86 bits per heavy atom. The largest absolute Gasteiger partial charge is 0.480 e. The highest BCUT2D eigenvalue weighted by Gasteiger charge is 2.39. The van der Waals surface area contributed by atoms with Gasteiger partial charge in [-0.3, -0.25) is 4.79 Å². The highest BCUT2D eigenvalue weighted by atomic mass is 32.2. The summed E-state index contributed by atoms with van der Waals surface area (Å²) in [5, 5.41) is 9.36. The van der Waals surface area contributed by atoms with Gasteiger partial charge in [-0.1, -0.05) is 19.9 Å². The number of hydrogen-bond acceptors (Lipinski definition) is 3. The van der Waals surface area contributed by atoms with Crippen LogP contribution in [-0.2, 0) is 27.7 Å². The van der Waals surface area contributed by atoms with Gasteiger partial charge in [0.25, 0.3) is 0 Å². The number of carboxylic acids is 1. The summed E-state index contributed by atoms with van der Waals surface area (Å²) in [6.45, 7) is 3.34. The minimum Gasteiger partial charge on any atom is -0.480 e. The van der Waals surface area contributed by atoms with Crippen LogP contribution < -0.4 is 4.72 Å². The van der Waals surface area contributed by atoms with E-state index in [1.807, 2.05) is 6.07 Å². The molecule has 0 unspecified atom stereocenters. The lowest BCUT2D eigenvalue weighted by Gasteiger charge is -2.27. The molecule has 0 saturated carbocycles. The van der Waals surface area contributed by atoms with Crippen LogP contribution in [0, 0.1) is 0 Å². The first-order valence-corrected chi connectivity index (χ1v) is 8.72. The smallest absolute Gasteiger partial charge is 0.324 e. The minimum atomic E-state index is -3.84. The fourth-order valence-electron chi connectivity index (χ4n) is 2.77. The first kappa shape index (κ1) is 16.0. The van der Waals surface area contributed by atoms with Gasteiger partial charge >= 0.3 is 5.97 Å². The molecule has 1 aromatic rings. The molecule has 1 aromatic carbocycles. The Morgan fingerprint density at radius 1 is 1.24 bits per heavy atom. The number of carbonyl (C=O) groups is 1. The molecule has 116 valence electrons. The lowest BCUT2D eigenvalue weighted by molar-refractivity contribution is -0.144. The first-order chi connectivity index (χ1) is 9.84. The van der Waals surface area contributed by atoms with Gasteiger partial charge in [-0.05, 0) is 55.4 Å². The van der Waals surface area contributed by atoms with E-state index in [9.17, 15) is 18.3 Å². The van der Waals surface area contributed by atoms with Crippen LogP contribution >= 0.6 is 0 Å². The molecule has 2 rings (SSSR count). The topological polar surface area (TPSA) is 83.5 Å². The van der Waals surface area contributed by atoms with Crippen molar-refractivity contribution in [3.8, 4) is 0 Å². The molecule has 0 saturated heterocycles. The average Bonchev–Trinajstić information content (AvgIpc) is 2.91. The maximum absolute atomic E-state index is 12.5. The molecule has 0 bridgehead atoms. The first-order valence-electron chi connectivity index (χ1n) is 7.24. The zero-order valence-corrected chi connectivity index (χ0v) is 13.2. The highest BCUT2D eigenvalue weighted by molar-refractivity contribution is 7.89. The highest BCUT2D eigenvalue weighted by Crippen LogP contribution is 2.26. The average molecular weight is 311 g/mol. The number of sulfonamides is 1. The van der Waals surface area contributed by atoms with E-state index in [-0.39, 0.29) is 17.7 Å². The van der Waals surface area contributed by atoms with Crippen LogP contribution in [0.2, 0.25) is 0 Å². The number of fused-ring (bicyclic) bond motifs is 1. The molecule has 0 heterocycles. The number of benzene rings is 1. The molecule has 21 heavy (non-hydrogen) atoms. The third-order valence-corrected chi connectivity index (χ3v) is 5.86. The summed E-state index contributed by atoms with van der Waals surface area (Å²) in [5.41, 5.74) is 0.786. The summed E-state index contributed by atoms with van der Waals surface area (Å²) in [5.74, 6) is -1.14. The lowest BCUT2D eigenvalue weighted by Crippen LogP contribution is -2.53. The van der Waals surface area contributed by atoms with E-state index in [4.69, 9.17) is 0 Å². The third-order valence-electron chi connectivity index (χ3n) is 4.33. The van der Waals surface area contributed by atoms with Gasteiger partial charge in [-0.2, -0.15) is 4.72 Å². The molecule has 1 aliphatic rings. The number of aryl methyl sites for hydroxylation is 2. The Labute approximate surface area is 125 Å². The van der Waals surface area contributed by atoms with Crippen LogP contribution in [0.1, 0.15) is 44.2 Å². The molecule has 0 amide bonds. The predicted octanol–water partition coefficient (Wildman–Crippen LogP) is 2.10. The molecule has 0 fully saturated rings. The summed E-state index contributed by atoms with van der Waals surface area (Å²) in [4.78, 5) is 11.6. The van der Waals surface area contributed by atoms with E-state index in [2.05, 4.69) is 4.72 Å².